The fraction of sp³-hybridized carbons (Fsp3) is 0.722. The van der Waals surface area contributed by atoms with Crippen molar-refractivity contribution < 1.29 is 9.52 Å². The van der Waals surface area contributed by atoms with E-state index in [1.165, 1.54) is 0 Å². The molecule has 1 saturated heterocycles. The number of aliphatic hydroxyl groups is 1. The van der Waals surface area contributed by atoms with Crippen LogP contribution < -0.4 is 10.6 Å². The highest BCUT2D eigenvalue weighted by atomic mass is 16.4. The van der Waals surface area contributed by atoms with Crippen LogP contribution in [0, 0.1) is 0 Å². The van der Waals surface area contributed by atoms with Gasteiger partial charge in [0.15, 0.2) is 5.96 Å². The summed E-state index contributed by atoms with van der Waals surface area (Å²) >= 11 is 0. The number of likely N-dealkylation sites (tertiary alicyclic amines) is 1. The first-order valence-corrected chi connectivity index (χ1v) is 8.97. The molecule has 0 spiro atoms. The van der Waals surface area contributed by atoms with E-state index in [0.29, 0.717) is 17.8 Å². The van der Waals surface area contributed by atoms with Gasteiger partial charge in [-0.2, -0.15) is 0 Å². The molecule has 2 rings (SSSR count). The number of aliphatic imine (C=N–C) groups is 1. The second-order valence-electron chi connectivity index (χ2n) is 6.99. The Morgan fingerprint density at radius 2 is 2.17 bits per heavy atom. The molecule has 1 aliphatic heterocycles. The molecule has 0 bridgehead atoms. The van der Waals surface area contributed by atoms with Crippen molar-refractivity contribution in [2.45, 2.75) is 58.2 Å². The zero-order valence-corrected chi connectivity index (χ0v) is 15.4. The summed E-state index contributed by atoms with van der Waals surface area (Å²) in [5, 5.41) is 17.3. The SMILES string of the molecule is CCNC(=NCC(C)(O)c1ccco1)NC1CCN(C(C)C)CC1. The van der Waals surface area contributed by atoms with Crippen LogP contribution in [0.3, 0.4) is 0 Å². The van der Waals surface area contributed by atoms with E-state index in [-0.39, 0.29) is 6.54 Å². The summed E-state index contributed by atoms with van der Waals surface area (Å²) in [6, 6.07) is 4.58. The standard InChI is InChI=1S/C18H32N4O2/c1-5-19-17(20-13-18(4,23)16-7-6-12-24-16)21-15-8-10-22(11-9-15)14(2)3/h6-7,12,14-15,23H,5,8-11,13H2,1-4H3,(H2,19,20,21). The lowest BCUT2D eigenvalue weighted by atomic mass is 10.0. The normalized spacial score (nSPS) is 20.2. The molecule has 0 radical (unpaired) electrons. The molecule has 0 amide bonds. The number of piperidine rings is 1. The quantitative estimate of drug-likeness (QED) is 0.547. The van der Waals surface area contributed by atoms with Gasteiger partial charge in [-0.25, -0.2) is 4.99 Å². The molecule has 0 aliphatic carbocycles. The number of hydrogen-bond acceptors (Lipinski definition) is 4. The first-order chi connectivity index (χ1) is 11.4. The van der Waals surface area contributed by atoms with Gasteiger partial charge in [0.1, 0.15) is 11.4 Å². The van der Waals surface area contributed by atoms with Gasteiger partial charge >= 0.3 is 0 Å². The van der Waals surface area contributed by atoms with Gasteiger partial charge < -0.3 is 25.1 Å². The van der Waals surface area contributed by atoms with Crippen molar-refractivity contribution in [2.24, 2.45) is 4.99 Å². The number of furan rings is 1. The summed E-state index contributed by atoms with van der Waals surface area (Å²) < 4.78 is 5.31. The van der Waals surface area contributed by atoms with E-state index < -0.39 is 5.60 Å². The molecule has 6 nitrogen and oxygen atoms in total. The lowest BCUT2D eigenvalue weighted by Gasteiger charge is -2.35. The molecule has 6 heteroatoms. The van der Waals surface area contributed by atoms with E-state index in [1.54, 1.807) is 25.3 Å². The van der Waals surface area contributed by atoms with Gasteiger partial charge in [0.25, 0.3) is 0 Å². The Labute approximate surface area is 145 Å². The molecule has 136 valence electrons. The van der Waals surface area contributed by atoms with E-state index in [0.717, 1.165) is 38.4 Å². The first kappa shape index (κ1) is 18.8. The van der Waals surface area contributed by atoms with Crippen LogP contribution >= 0.6 is 0 Å². The Balaban J connectivity index is 1.92. The van der Waals surface area contributed by atoms with Crippen LogP contribution in [0.4, 0.5) is 0 Å². The monoisotopic (exact) mass is 336 g/mol. The summed E-state index contributed by atoms with van der Waals surface area (Å²) in [7, 11) is 0. The number of nitrogens with one attached hydrogen (secondary N) is 2. The molecule has 1 fully saturated rings. The topological polar surface area (TPSA) is 73.0 Å². The molecule has 1 atom stereocenters. The molecular formula is C18H32N4O2. The maximum atomic E-state index is 10.5. The average Bonchev–Trinajstić information content (AvgIpc) is 3.09. The maximum Gasteiger partial charge on any atom is 0.191 e. The number of nitrogens with zero attached hydrogens (tertiary/aromatic N) is 2. The van der Waals surface area contributed by atoms with Gasteiger partial charge in [-0.3, -0.25) is 0 Å². The predicted molar refractivity (Wildman–Crippen MR) is 97.1 cm³/mol. The summed E-state index contributed by atoms with van der Waals surface area (Å²) in [6.45, 7) is 11.5. The zero-order chi connectivity index (χ0) is 17.6. The number of hydrogen-bond donors (Lipinski definition) is 3. The minimum absolute atomic E-state index is 0.251. The van der Waals surface area contributed by atoms with Crippen LogP contribution in [0.1, 0.15) is 46.3 Å². The van der Waals surface area contributed by atoms with Crippen molar-refractivity contribution >= 4 is 5.96 Å². The average molecular weight is 336 g/mol. The molecular weight excluding hydrogens is 304 g/mol. The van der Waals surface area contributed by atoms with E-state index in [4.69, 9.17) is 4.42 Å². The number of rotatable bonds is 6. The highest BCUT2D eigenvalue weighted by molar-refractivity contribution is 5.80. The highest BCUT2D eigenvalue weighted by Crippen LogP contribution is 2.21. The van der Waals surface area contributed by atoms with Gasteiger partial charge in [-0.1, -0.05) is 0 Å². The number of guanidine groups is 1. The van der Waals surface area contributed by atoms with Crippen LogP contribution in [0.25, 0.3) is 0 Å². The second kappa shape index (κ2) is 8.53. The molecule has 24 heavy (non-hydrogen) atoms. The van der Waals surface area contributed by atoms with Crippen molar-refractivity contribution in [3.63, 3.8) is 0 Å². The Hall–Kier alpha value is -1.53. The Morgan fingerprint density at radius 3 is 2.71 bits per heavy atom. The van der Waals surface area contributed by atoms with Gasteiger partial charge in [0, 0.05) is 31.7 Å². The third-order valence-electron chi connectivity index (χ3n) is 4.54. The lowest BCUT2D eigenvalue weighted by molar-refractivity contribution is 0.0436. The molecule has 0 aromatic carbocycles. The lowest BCUT2D eigenvalue weighted by Crippen LogP contribution is -2.50. The van der Waals surface area contributed by atoms with Gasteiger partial charge in [-0.15, -0.1) is 0 Å². The maximum absolute atomic E-state index is 10.5. The van der Waals surface area contributed by atoms with Crippen LogP contribution in [0.2, 0.25) is 0 Å². The zero-order valence-electron chi connectivity index (χ0n) is 15.4. The predicted octanol–water partition coefficient (Wildman–Crippen LogP) is 1.91. The minimum Gasteiger partial charge on any atom is -0.466 e. The Bertz CT molecular complexity index is 503. The van der Waals surface area contributed by atoms with Crippen molar-refractivity contribution in [3.8, 4) is 0 Å². The Morgan fingerprint density at radius 1 is 1.46 bits per heavy atom. The molecule has 1 aliphatic rings. The third kappa shape index (κ3) is 5.24. The van der Waals surface area contributed by atoms with E-state index >= 15 is 0 Å². The minimum atomic E-state index is -1.10. The molecule has 1 aromatic heterocycles. The van der Waals surface area contributed by atoms with Crippen molar-refractivity contribution in [2.75, 3.05) is 26.2 Å². The third-order valence-corrected chi connectivity index (χ3v) is 4.54. The molecule has 1 aromatic rings. The molecule has 3 N–H and O–H groups in total. The molecule has 2 heterocycles. The van der Waals surface area contributed by atoms with Crippen molar-refractivity contribution in [1.29, 1.82) is 0 Å². The van der Waals surface area contributed by atoms with Crippen LogP contribution in [-0.2, 0) is 5.60 Å². The van der Waals surface area contributed by atoms with E-state index in [9.17, 15) is 5.11 Å². The fourth-order valence-corrected chi connectivity index (χ4v) is 2.97. The van der Waals surface area contributed by atoms with Crippen LogP contribution in [-0.4, -0.2) is 54.2 Å². The fourth-order valence-electron chi connectivity index (χ4n) is 2.97. The molecule has 0 saturated carbocycles. The summed E-state index contributed by atoms with van der Waals surface area (Å²) in [4.78, 5) is 7.06. The summed E-state index contributed by atoms with van der Waals surface area (Å²) in [6.07, 6.45) is 3.79. The first-order valence-electron chi connectivity index (χ1n) is 8.97. The highest BCUT2D eigenvalue weighted by Gasteiger charge is 2.26. The molecule has 1 unspecified atom stereocenters. The Kier molecular flexibility index (Phi) is 6.69. The summed E-state index contributed by atoms with van der Waals surface area (Å²) in [5.74, 6) is 1.29. The van der Waals surface area contributed by atoms with Gasteiger partial charge in [0.2, 0.25) is 0 Å². The van der Waals surface area contributed by atoms with E-state index in [2.05, 4.69) is 34.4 Å². The second-order valence-corrected chi connectivity index (χ2v) is 6.99. The largest absolute Gasteiger partial charge is 0.466 e. The van der Waals surface area contributed by atoms with Crippen molar-refractivity contribution in [3.05, 3.63) is 24.2 Å². The smallest absolute Gasteiger partial charge is 0.191 e. The van der Waals surface area contributed by atoms with Crippen LogP contribution in [0.5, 0.6) is 0 Å². The van der Waals surface area contributed by atoms with E-state index in [1.807, 2.05) is 6.92 Å². The van der Waals surface area contributed by atoms with Crippen molar-refractivity contribution in [1.82, 2.24) is 15.5 Å². The van der Waals surface area contributed by atoms with Gasteiger partial charge in [0.05, 0.1) is 12.8 Å². The van der Waals surface area contributed by atoms with Gasteiger partial charge in [-0.05, 0) is 52.7 Å². The van der Waals surface area contributed by atoms with Crippen LogP contribution in [0.15, 0.2) is 27.8 Å². The summed E-state index contributed by atoms with van der Waals surface area (Å²) in [5.41, 5.74) is -1.10.